The highest BCUT2D eigenvalue weighted by Gasteiger charge is 2.19. The number of nitrogens with zero attached hydrogens (tertiary/aromatic N) is 2. The Labute approximate surface area is 96.0 Å². The molecule has 1 aromatic rings. The summed E-state index contributed by atoms with van der Waals surface area (Å²) in [5.41, 5.74) is 0.0655. The summed E-state index contributed by atoms with van der Waals surface area (Å²) in [5.74, 6) is 0.636. The molecule has 5 nitrogen and oxygen atoms in total. The van der Waals surface area contributed by atoms with Gasteiger partial charge >= 0.3 is 6.01 Å². The van der Waals surface area contributed by atoms with Gasteiger partial charge in [-0.25, -0.2) is 0 Å². The monoisotopic (exact) mass is 224 g/mol. The summed E-state index contributed by atoms with van der Waals surface area (Å²) < 4.78 is 5.49. The Balaban J connectivity index is 1.82. The molecule has 90 valence electrons. The van der Waals surface area contributed by atoms with Crippen LogP contribution in [0.1, 0.15) is 45.9 Å². The summed E-state index contributed by atoms with van der Waals surface area (Å²) in [7, 11) is 0. The highest BCUT2D eigenvalue weighted by Crippen LogP contribution is 2.22. The molecule has 0 aliphatic heterocycles. The van der Waals surface area contributed by atoms with Crippen molar-refractivity contribution in [3.63, 3.8) is 0 Å². The molecule has 2 rings (SSSR count). The largest absolute Gasteiger partial charge is 0.407 e. The molecule has 0 aromatic carbocycles. The van der Waals surface area contributed by atoms with Gasteiger partial charge in [0.05, 0.1) is 6.54 Å². The van der Waals surface area contributed by atoms with Gasteiger partial charge in [0.15, 0.2) is 0 Å². The van der Waals surface area contributed by atoms with E-state index in [9.17, 15) is 0 Å². The van der Waals surface area contributed by atoms with E-state index in [1.165, 1.54) is 19.3 Å². The summed E-state index contributed by atoms with van der Waals surface area (Å²) >= 11 is 0. The summed E-state index contributed by atoms with van der Waals surface area (Å²) in [6, 6.07) is 1.08. The standard InChI is InChI=1S/C11H20N4O/c1-11(2,3)12-7-9-14-15-10(16-9)13-8-5-4-6-8/h8,12H,4-7H2,1-3H3,(H,13,15). The molecule has 1 fully saturated rings. The van der Waals surface area contributed by atoms with Crippen LogP contribution in [0.5, 0.6) is 0 Å². The van der Waals surface area contributed by atoms with Crippen molar-refractivity contribution < 1.29 is 4.42 Å². The summed E-state index contributed by atoms with van der Waals surface area (Å²) in [6.45, 7) is 6.94. The van der Waals surface area contributed by atoms with E-state index in [1.807, 2.05) is 0 Å². The predicted molar refractivity (Wildman–Crippen MR) is 62.2 cm³/mol. The van der Waals surface area contributed by atoms with E-state index < -0.39 is 0 Å². The van der Waals surface area contributed by atoms with Crippen molar-refractivity contribution in [2.45, 2.75) is 58.2 Å². The highest BCUT2D eigenvalue weighted by molar-refractivity contribution is 5.20. The van der Waals surface area contributed by atoms with E-state index in [0.29, 0.717) is 24.5 Å². The smallest absolute Gasteiger partial charge is 0.315 e. The summed E-state index contributed by atoms with van der Waals surface area (Å²) in [6.07, 6.45) is 3.71. The molecular formula is C11H20N4O. The lowest BCUT2D eigenvalue weighted by molar-refractivity contribution is 0.378. The number of nitrogens with one attached hydrogen (secondary N) is 2. The fraction of sp³-hybridized carbons (Fsp3) is 0.818. The molecule has 1 heterocycles. The lowest BCUT2D eigenvalue weighted by Gasteiger charge is -2.24. The molecule has 0 saturated heterocycles. The van der Waals surface area contributed by atoms with Gasteiger partial charge in [-0.3, -0.25) is 0 Å². The maximum atomic E-state index is 5.49. The predicted octanol–water partition coefficient (Wildman–Crippen LogP) is 1.92. The van der Waals surface area contributed by atoms with E-state index in [0.717, 1.165) is 0 Å². The van der Waals surface area contributed by atoms with Gasteiger partial charge in [0, 0.05) is 11.6 Å². The summed E-state index contributed by atoms with van der Waals surface area (Å²) in [5, 5.41) is 14.5. The molecule has 0 amide bonds. The molecule has 0 bridgehead atoms. The van der Waals surface area contributed by atoms with Crippen molar-refractivity contribution in [1.29, 1.82) is 0 Å². The van der Waals surface area contributed by atoms with E-state index in [-0.39, 0.29) is 5.54 Å². The van der Waals surface area contributed by atoms with Crippen LogP contribution < -0.4 is 10.6 Å². The van der Waals surface area contributed by atoms with Gasteiger partial charge in [-0.1, -0.05) is 5.10 Å². The molecule has 2 N–H and O–H groups in total. The first-order valence-corrected chi connectivity index (χ1v) is 5.87. The Morgan fingerprint density at radius 3 is 2.62 bits per heavy atom. The highest BCUT2D eigenvalue weighted by atomic mass is 16.4. The third kappa shape index (κ3) is 3.20. The van der Waals surface area contributed by atoms with Crippen molar-refractivity contribution in [3.05, 3.63) is 5.89 Å². The molecule has 1 saturated carbocycles. The van der Waals surface area contributed by atoms with Crippen LogP contribution in [0.15, 0.2) is 4.42 Å². The molecule has 16 heavy (non-hydrogen) atoms. The van der Waals surface area contributed by atoms with Crippen molar-refractivity contribution >= 4 is 6.01 Å². The van der Waals surface area contributed by atoms with Gasteiger partial charge in [0.1, 0.15) is 0 Å². The topological polar surface area (TPSA) is 63.0 Å². The molecule has 5 heteroatoms. The van der Waals surface area contributed by atoms with Crippen molar-refractivity contribution in [1.82, 2.24) is 15.5 Å². The maximum Gasteiger partial charge on any atom is 0.315 e. The number of hydrogen-bond donors (Lipinski definition) is 2. The second kappa shape index (κ2) is 4.41. The van der Waals surface area contributed by atoms with Gasteiger partial charge in [-0.15, -0.1) is 5.10 Å². The molecule has 1 aliphatic carbocycles. The van der Waals surface area contributed by atoms with Gasteiger partial charge in [-0.2, -0.15) is 0 Å². The van der Waals surface area contributed by atoms with Crippen LogP contribution in [0, 0.1) is 0 Å². The zero-order chi connectivity index (χ0) is 11.6. The molecule has 0 radical (unpaired) electrons. The number of rotatable bonds is 4. The lowest BCUT2D eigenvalue weighted by Crippen LogP contribution is -2.35. The average molecular weight is 224 g/mol. The Hall–Kier alpha value is -1.10. The number of hydrogen-bond acceptors (Lipinski definition) is 5. The van der Waals surface area contributed by atoms with Crippen LogP contribution in [0.3, 0.4) is 0 Å². The van der Waals surface area contributed by atoms with Crippen molar-refractivity contribution in [3.8, 4) is 0 Å². The molecule has 1 aliphatic rings. The first-order chi connectivity index (χ1) is 7.53. The van der Waals surface area contributed by atoms with Crippen LogP contribution in [-0.4, -0.2) is 21.8 Å². The molecule has 1 aromatic heterocycles. The van der Waals surface area contributed by atoms with Crippen LogP contribution in [-0.2, 0) is 6.54 Å². The Morgan fingerprint density at radius 1 is 1.31 bits per heavy atom. The minimum absolute atomic E-state index is 0.0655. The van der Waals surface area contributed by atoms with Crippen LogP contribution in [0.4, 0.5) is 6.01 Å². The third-order valence-corrected chi connectivity index (χ3v) is 2.67. The SMILES string of the molecule is CC(C)(C)NCc1nnc(NC2CCC2)o1. The van der Waals surface area contributed by atoms with E-state index in [4.69, 9.17) is 4.42 Å². The second-order valence-corrected chi connectivity index (χ2v) is 5.38. The molecule has 0 spiro atoms. The fourth-order valence-corrected chi connectivity index (χ4v) is 1.45. The zero-order valence-corrected chi connectivity index (χ0v) is 10.2. The third-order valence-electron chi connectivity index (χ3n) is 2.67. The zero-order valence-electron chi connectivity index (χ0n) is 10.2. The molecule has 0 unspecified atom stereocenters. The van der Waals surface area contributed by atoms with E-state index in [1.54, 1.807) is 0 Å². The van der Waals surface area contributed by atoms with Crippen molar-refractivity contribution in [2.24, 2.45) is 0 Å². The Kier molecular flexibility index (Phi) is 3.14. The number of anilines is 1. The number of aromatic nitrogens is 2. The normalized spacial score (nSPS) is 17.2. The fourth-order valence-electron chi connectivity index (χ4n) is 1.45. The van der Waals surface area contributed by atoms with Gasteiger partial charge < -0.3 is 15.1 Å². The first kappa shape index (κ1) is 11.4. The van der Waals surface area contributed by atoms with Crippen LogP contribution >= 0.6 is 0 Å². The molecule has 0 atom stereocenters. The van der Waals surface area contributed by atoms with Gasteiger partial charge in [0.25, 0.3) is 0 Å². The average Bonchev–Trinajstić information content (AvgIpc) is 2.55. The lowest BCUT2D eigenvalue weighted by atomic mass is 9.93. The van der Waals surface area contributed by atoms with Crippen LogP contribution in [0.25, 0.3) is 0 Å². The second-order valence-electron chi connectivity index (χ2n) is 5.38. The minimum Gasteiger partial charge on any atom is -0.407 e. The van der Waals surface area contributed by atoms with E-state index in [2.05, 4.69) is 41.6 Å². The first-order valence-electron chi connectivity index (χ1n) is 5.87. The quantitative estimate of drug-likeness (QED) is 0.818. The maximum absolute atomic E-state index is 5.49. The summed E-state index contributed by atoms with van der Waals surface area (Å²) in [4.78, 5) is 0. The Bertz CT molecular complexity index is 338. The Morgan fingerprint density at radius 2 is 2.06 bits per heavy atom. The van der Waals surface area contributed by atoms with Crippen LogP contribution in [0.2, 0.25) is 0 Å². The molecular weight excluding hydrogens is 204 g/mol. The minimum atomic E-state index is 0.0655. The van der Waals surface area contributed by atoms with Gasteiger partial charge in [-0.05, 0) is 40.0 Å². The van der Waals surface area contributed by atoms with Crippen molar-refractivity contribution in [2.75, 3.05) is 5.32 Å². The van der Waals surface area contributed by atoms with E-state index >= 15 is 0 Å². The van der Waals surface area contributed by atoms with Gasteiger partial charge in [0.2, 0.25) is 5.89 Å².